The molecule has 2 aliphatic heterocycles. The highest BCUT2D eigenvalue weighted by Gasteiger charge is 2.22. The second kappa shape index (κ2) is 10.9. The molecule has 0 fully saturated rings. The molecule has 2 aliphatic rings. The lowest BCUT2D eigenvalue weighted by Crippen LogP contribution is -2.11. The van der Waals surface area contributed by atoms with Crippen molar-refractivity contribution in [3.05, 3.63) is 109 Å². The van der Waals surface area contributed by atoms with Crippen LogP contribution in [-0.2, 0) is 4.57 Å². The Morgan fingerprint density at radius 2 is 0.868 bits per heavy atom. The maximum absolute atomic E-state index is 8.06. The molecule has 5 nitrogen and oxygen atoms in total. The van der Waals surface area contributed by atoms with E-state index in [9.17, 15) is 0 Å². The average Bonchev–Trinajstić information content (AvgIpc) is 2.99. The average molecular weight is 554 g/mol. The van der Waals surface area contributed by atoms with Crippen LogP contribution in [0.2, 0.25) is 0 Å². The van der Waals surface area contributed by atoms with Gasteiger partial charge in [-0.15, -0.1) is 0 Å². The second-order valence-electron chi connectivity index (χ2n) is 8.43. The molecule has 7 rings (SSSR count). The summed E-state index contributed by atoms with van der Waals surface area (Å²) in [7, 11) is 2.12. The van der Waals surface area contributed by atoms with E-state index in [2.05, 4.69) is 24.3 Å². The Bertz CT molecular complexity index is 1500. The number of rotatable bonds is 4. The molecule has 0 saturated carbocycles. The van der Waals surface area contributed by atoms with Crippen molar-refractivity contribution in [2.24, 2.45) is 0 Å². The van der Waals surface area contributed by atoms with Crippen LogP contribution >= 0.6 is 26.7 Å². The molecule has 5 aromatic carbocycles. The van der Waals surface area contributed by atoms with Crippen molar-refractivity contribution in [1.82, 2.24) is 0 Å². The minimum atomic E-state index is 0.198. The van der Waals surface area contributed by atoms with Gasteiger partial charge in [0.05, 0.1) is 10.6 Å². The molecule has 0 N–H and O–H groups in total. The first kappa shape index (κ1) is 24.6. The summed E-state index contributed by atoms with van der Waals surface area (Å²) in [4.78, 5) is 0. The summed E-state index contributed by atoms with van der Waals surface area (Å²) in [5, 5.41) is 2.16. The summed E-state index contributed by atoms with van der Waals surface area (Å²) < 4.78 is 32.6. The maximum atomic E-state index is 8.06. The van der Waals surface area contributed by atoms with Gasteiger partial charge in [0.15, 0.2) is 0 Å². The first-order valence-electron chi connectivity index (χ1n) is 11.8. The lowest BCUT2D eigenvalue weighted by Gasteiger charge is -2.23. The van der Waals surface area contributed by atoms with E-state index in [1.807, 2.05) is 84.9 Å². The van der Waals surface area contributed by atoms with E-state index in [-0.39, 0.29) is 17.6 Å². The standard InChI is InChI=1S/C30H20O4P2.HOP/c1-3-11-25-21(7-1)23-9-5-13-27(29(23)35-33-25)31-19-15-17-20(18-16-19)32-28-14-6-10-24-22-8-2-4-12-26(22)34-36-30(24)28;1-2/h1-18,35-36H;2H. The molecule has 2 unspecified atom stereocenters. The normalized spacial score (nSPS) is 13.4. The Hall–Kier alpha value is -3.74. The molecular formula is C30H21O5P3. The summed E-state index contributed by atoms with van der Waals surface area (Å²) in [6, 6.07) is 36.2. The van der Waals surface area contributed by atoms with Gasteiger partial charge in [-0.25, -0.2) is 0 Å². The van der Waals surface area contributed by atoms with Crippen molar-refractivity contribution in [3.8, 4) is 56.8 Å². The summed E-state index contributed by atoms with van der Waals surface area (Å²) in [6.07, 6.45) is 0. The van der Waals surface area contributed by atoms with Crippen molar-refractivity contribution >= 4 is 37.3 Å². The minimum absolute atomic E-state index is 0.198. The molecular weight excluding hydrogens is 533 g/mol. The molecule has 0 saturated heterocycles. The maximum Gasteiger partial charge on any atom is 0.138 e. The van der Waals surface area contributed by atoms with Crippen molar-refractivity contribution in [1.29, 1.82) is 0 Å². The minimum Gasteiger partial charge on any atom is -0.472 e. The van der Waals surface area contributed by atoms with Crippen LogP contribution in [0.15, 0.2) is 109 Å². The highest BCUT2D eigenvalue weighted by atomic mass is 31.1. The van der Waals surface area contributed by atoms with E-state index in [0.717, 1.165) is 67.4 Å². The molecule has 0 radical (unpaired) electrons. The van der Waals surface area contributed by atoms with Gasteiger partial charge < -0.3 is 18.5 Å². The van der Waals surface area contributed by atoms with Gasteiger partial charge >= 0.3 is 0 Å². The zero-order chi connectivity index (χ0) is 25.9. The van der Waals surface area contributed by atoms with Gasteiger partial charge in [0.25, 0.3) is 0 Å². The van der Waals surface area contributed by atoms with Crippen LogP contribution in [0.4, 0.5) is 0 Å². The van der Waals surface area contributed by atoms with Gasteiger partial charge in [-0.3, -0.25) is 4.57 Å². The van der Waals surface area contributed by atoms with Gasteiger partial charge in [-0.2, -0.15) is 0 Å². The summed E-state index contributed by atoms with van der Waals surface area (Å²) in [5.74, 6) is 4.94. The Kier molecular flexibility index (Phi) is 7.08. The SMILES string of the molecule is O=P.c1ccc2c(c1)OPc1c(Oc3ccc(Oc4cccc5c4POc4ccccc4-5)cc3)cccc1-2. The lowest BCUT2D eigenvalue weighted by atomic mass is 10.0. The van der Waals surface area contributed by atoms with Gasteiger partial charge in [0, 0.05) is 11.1 Å². The van der Waals surface area contributed by atoms with Crippen LogP contribution in [0.3, 0.4) is 0 Å². The number of hydrogen-bond donors (Lipinski definition) is 0. The zero-order valence-electron chi connectivity index (χ0n) is 19.9. The van der Waals surface area contributed by atoms with Crippen LogP contribution in [-0.4, -0.2) is 0 Å². The van der Waals surface area contributed by atoms with E-state index >= 15 is 0 Å². The van der Waals surface area contributed by atoms with Crippen molar-refractivity contribution in [2.75, 3.05) is 0 Å². The third-order valence-corrected chi connectivity index (χ3v) is 8.30. The number of hydrogen-bond acceptors (Lipinski definition) is 5. The Morgan fingerprint density at radius 1 is 0.474 bits per heavy atom. The smallest absolute Gasteiger partial charge is 0.138 e. The van der Waals surface area contributed by atoms with Crippen molar-refractivity contribution < 1.29 is 23.1 Å². The Labute approximate surface area is 226 Å². The van der Waals surface area contributed by atoms with Crippen LogP contribution in [0, 0.1) is 0 Å². The van der Waals surface area contributed by atoms with Crippen molar-refractivity contribution in [3.63, 3.8) is 0 Å². The van der Waals surface area contributed by atoms with Crippen LogP contribution < -0.4 is 29.1 Å². The van der Waals surface area contributed by atoms with E-state index < -0.39 is 0 Å². The predicted molar refractivity (Wildman–Crippen MR) is 157 cm³/mol. The fourth-order valence-electron chi connectivity index (χ4n) is 4.49. The van der Waals surface area contributed by atoms with Gasteiger partial charge in [-0.1, -0.05) is 60.7 Å². The largest absolute Gasteiger partial charge is 0.472 e. The highest BCUT2D eigenvalue weighted by molar-refractivity contribution is 7.43. The molecule has 5 aromatic rings. The van der Waals surface area contributed by atoms with Crippen LogP contribution in [0.25, 0.3) is 22.3 Å². The summed E-state index contributed by atoms with van der Waals surface area (Å²) in [5.41, 5.74) is 4.51. The number of ether oxygens (including phenoxy) is 2. The fourth-order valence-corrected chi connectivity index (χ4v) is 6.40. The first-order chi connectivity index (χ1) is 18.8. The zero-order valence-corrected chi connectivity index (χ0v) is 22.9. The Balaban J connectivity index is 0.00000129. The first-order valence-corrected chi connectivity index (χ1v) is 14.0. The molecule has 0 aromatic heterocycles. The van der Waals surface area contributed by atoms with Gasteiger partial charge in [-0.05, 0) is 59.7 Å². The molecule has 0 amide bonds. The topological polar surface area (TPSA) is 54.0 Å². The molecule has 2 heterocycles. The van der Waals surface area contributed by atoms with Crippen LogP contribution in [0.1, 0.15) is 0 Å². The highest BCUT2D eigenvalue weighted by Crippen LogP contribution is 2.44. The molecule has 0 spiro atoms. The molecule has 186 valence electrons. The monoisotopic (exact) mass is 554 g/mol. The third kappa shape index (κ3) is 4.66. The summed E-state index contributed by atoms with van der Waals surface area (Å²) in [6.45, 7) is 0. The Morgan fingerprint density at radius 3 is 1.32 bits per heavy atom. The molecule has 38 heavy (non-hydrogen) atoms. The number of fused-ring (bicyclic) bond motifs is 6. The van der Waals surface area contributed by atoms with E-state index in [4.69, 9.17) is 23.1 Å². The number of benzene rings is 5. The molecule has 8 heteroatoms. The molecule has 0 bridgehead atoms. The van der Waals surface area contributed by atoms with Crippen LogP contribution in [0.5, 0.6) is 34.5 Å². The van der Waals surface area contributed by atoms with Crippen molar-refractivity contribution in [2.45, 2.75) is 0 Å². The quantitative estimate of drug-likeness (QED) is 0.209. The molecule has 2 atom stereocenters. The predicted octanol–water partition coefficient (Wildman–Crippen LogP) is 8.30. The van der Waals surface area contributed by atoms with E-state index in [0.29, 0.717) is 0 Å². The number of para-hydroxylation sites is 2. The van der Waals surface area contributed by atoms with Gasteiger partial charge in [0.2, 0.25) is 0 Å². The second-order valence-corrected chi connectivity index (χ2v) is 10.3. The lowest BCUT2D eigenvalue weighted by molar-refractivity contribution is 0.472. The molecule has 0 aliphatic carbocycles. The summed E-state index contributed by atoms with van der Waals surface area (Å²) >= 11 is 0. The van der Waals surface area contributed by atoms with Gasteiger partial charge in [0.1, 0.15) is 61.2 Å². The van der Waals surface area contributed by atoms with E-state index in [1.165, 1.54) is 0 Å². The third-order valence-electron chi connectivity index (χ3n) is 6.21. The fraction of sp³-hybridized carbons (Fsp3) is 0. The van der Waals surface area contributed by atoms with E-state index in [1.54, 1.807) is 9.12 Å².